The minimum atomic E-state index is -0.874. The first-order valence-corrected chi connectivity index (χ1v) is 6.25. The summed E-state index contributed by atoms with van der Waals surface area (Å²) in [6.45, 7) is 5.95. The van der Waals surface area contributed by atoms with Crippen LogP contribution in [0.4, 0.5) is 8.78 Å². The number of amides is 1. The van der Waals surface area contributed by atoms with Gasteiger partial charge in [-0.3, -0.25) is 4.79 Å². The molecule has 1 amide bonds. The Kier molecular flexibility index (Phi) is 5.00. The van der Waals surface area contributed by atoms with Gasteiger partial charge in [-0.1, -0.05) is 19.9 Å². The molecule has 0 heterocycles. The van der Waals surface area contributed by atoms with Gasteiger partial charge in [-0.15, -0.1) is 0 Å². The Hall–Kier alpha value is -1.49. The van der Waals surface area contributed by atoms with E-state index in [0.717, 1.165) is 12.1 Å². The zero-order valence-electron chi connectivity index (χ0n) is 11.5. The molecule has 1 rings (SSSR count). The lowest BCUT2D eigenvalue weighted by Crippen LogP contribution is -2.52. The highest BCUT2D eigenvalue weighted by Crippen LogP contribution is 2.18. The maximum atomic E-state index is 13.5. The average molecular weight is 270 g/mol. The van der Waals surface area contributed by atoms with Crippen LogP contribution in [0, 0.1) is 17.6 Å². The van der Waals surface area contributed by atoms with E-state index >= 15 is 0 Å². The van der Waals surface area contributed by atoms with Gasteiger partial charge in [0.2, 0.25) is 0 Å². The molecule has 0 saturated carbocycles. The molecule has 0 radical (unpaired) electrons. The molecule has 106 valence electrons. The van der Waals surface area contributed by atoms with Crippen molar-refractivity contribution in [2.45, 2.75) is 32.7 Å². The summed E-state index contributed by atoms with van der Waals surface area (Å²) in [5.41, 5.74) is 4.41. The topological polar surface area (TPSA) is 55.1 Å². The van der Waals surface area contributed by atoms with E-state index in [1.165, 1.54) is 6.07 Å². The number of carbonyl (C=O) groups excluding carboxylic acids is 1. The first-order valence-electron chi connectivity index (χ1n) is 6.25. The molecule has 0 aliphatic rings. The lowest BCUT2D eigenvalue weighted by Gasteiger charge is -2.31. The number of hydrogen-bond acceptors (Lipinski definition) is 2. The quantitative estimate of drug-likeness (QED) is 0.863. The molecule has 0 bridgehead atoms. The van der Waals surface area contributed by atoms with Gasteiger partial charge in [-0.2, -0.15) is 0 Å². The summed E-state index contributed by atoms with van der Waals surface area (Å²) < 4.78 is 27.0. The highest BCUT2D eigenvalue weighted by Gasteiger charge is 2.28. The summed E-state index contributed by atoms with van der Waals surface area (Å²) in [4.78, 5) is 12.0. The number of carbonyl (C=O) groups is 1. The van der Waals surface area contributed by atoms with Gasteiger partial charge in [0.1, 0.15) is 17.2 Å². The van der Waals surface area contributed by atoms with Crippen LogP contribution in [0.5, 0.6) is 0 Å². The third-order valence-corrected chi connectivity index (χ3v) is 2.91. The fraction of sp³-hybridized carbons (Fsp3) is 0.500. The fourth-order valence-corrected chi connectivity index (χ4v) is 2.14. The van der Waals surface area contributed by atoms with E-state index in [0.29, 0.717) is 12.3 Å². The van der Waals surface area contributed by atoms with Crippen LogP contribution in [-0.4, -0.2) is 18.0 Å². The van der Waals surface area contributed by atoms with Crippen LogP contribution in [0.1, 0.15) is 37.6 Å². The van der Waals surface area contributed by atoms with E-state index in [4.69, 9.17) is 5.73 Å². The minimum absolute atomic E-state index is 0.201. The fourth-order valence-electron chi connectivity index (χ4n) is 2.14. The van der Waals surface area contributed by atoms with Gasteiger partial charge in [0.25, 0.3) is 5.91 Å². The highest BCUT2D eigenvalue weighted by atomic mass is 19.1. The van der Waals surface area contributed by atoms with E-state index in [1.54, 1.807) is 6.92 Å². The Balaban J connectivity index is 2.95. The molecule has 0 saturated heterocycles. The molecule has 1 atom stereocenters. The van der Waals surface area contributed by atoms with Gasteiger partial charge in [-0.25, -0.2) is 8.78 Å². The predicted octanol–water partition coefficient (Wildman–Crippen LogP) is 2.46. The van der Waals surface area contributed by atoms with E-state index in [2.05, 4.69) is 5.32 Å². The zero-order chi connectivity index (χ0) is 14.6. The zero-order valence-corrected chi connectivity index (χ0v) is 11.5. The second-order valence-corrected chi connectivity index (χ2v) is 5.41. The lowest BCUT2D eigenvalue weighted by molar-refractivity contribution is 0.0889. The van der Waals surface area contributed by atoms with Gasteiger partial charge in [0.15, 0.2) is 0 Å². The molecule has 3 nitrogen and oxygen atoms in total. The minimum Gasteiger partial charge on any atom is -0.345 e. The van der Waals surface area contributed by atoms with Gasteiger partial charge >= 0.3 is 0 Å². The molecule has 19 heavy (non-hydrogen) atoms. The summed E-state index contributed by atoms with van der Waals surface area (Å²) in [5.74, 6) is -2.22. The first-order chi connectivity index (χ1) is 8.79. The van der Waals surface area contributed by atoms with Crippen molar-refractivity contribution in [1.82, 2.24) is 5.32 Å². The highest BCUT2D eigenvalue weighted by molar-refractivity contribution is 5.95. The number of rotatable bonds is 5. The molecular formula is C14H20F2N2O. The smallest absolute Gasteiger partial charge is 0.257 e. The van der Waals surface area contributed by atoms with Gasteiger partial charge in [0, 0.05) is 12.1 Å². The molecule has 0 aliphatic heterocycles. The second-order valence-electron chi connectivity index (χ2n) is 5.41. The summed E-state index contributed by atoms with van der Waals surface area (Å²) in [5, 5.41) is 2.63. The van der Waals surface area contributed by atoms with E-state index in [1.807, 2.05) is 13.8 Å². The third kappa shape index (κ3) is 3.99. The van der Waals surface area contributed by atoms with Crippen molar-refractivity contribution in [3.8, 4) is 0 Å². The number of benzene rings is 1. The SMILES string of the molecule is CC(C)CC(C)(CN)NC(=O)c1c(F)cccc1F. The normalized spacial score (nSPS) is 14.3. The van der Waals surface area contributed by atoms with Gasteiger partial charge < -0.3 is 11.1 Å². The van der Waals surface area contributed by atoms with E-state index in [-0.39, 0.29) is 6.54 Å². The third-order valence-electron chi connectivity index (χ3n) is 2.91. The van der Waals surface area contributed by atoms with Crippen LogP contribution in [0.15, 0.2) is 18.2 Å². The Morgan fingerprint density at radius 2 is 1.89 bits per heavy atom. The van der Waals surface area contributed by atoms with Crippen LogP contribution < -0.4 is 11.1 Å². The van der Waals surface area contributed by atoms with Crippen LogP contribution >= 0.6 is 0 Å². The molecule has 5 heteroatoms. The molecule has 0 aliphatic carbocycles. The monoisotopic (exact) mass is 270 g/mol. The van der Waals surface area contributed by atoms with Crippen molar-refractivity contribution in [2.75, 3.05) is 6.54 Å². The second kappa shape index (κ2) is 6.10. The summed E-state index contributed by atoms with van der Waals surface area (Å²) in [6, 6.07) is 3.33. The van der Waals surface area contributed by atoms with Crippen LogP contribution in [0.3, 0.4) is 0 Å². The summed E-state index contributed by atoms with van der Waals surface area (Å²) in [6.07, 6.45) is 0.630. The molecule has 0 aromatic heterocycles. The van der Waals surface area contributed by atoms with Gasteiger partial charge in [0.05, 0.1) is 0 Å². The Labute approximate surface area is 112 Å². The van der Waals surface area contributed by atoms with Gasteiger partial charge in [-0.05, 0) is 31.4 Å². The number of nitrogens with two attached hydrogens (primary N) is 1. The van der Waals surface area contributed by atoms with Crippen molar-refractivity contribution in [3.63, 3.8) is 0 Å². The summed E-state index contributed by atoms with van der Waals surface area (Å²) in [7, 11) is 0. The number of nitrogens with one attached hydrogen (secondary N) is 1. The average Bonchev–Trinajstić information content (AvgIpc) is 2.27. The van der Waals surface area contributed by atoms with Crippen molar-refractivity contribution < 1.29 is 13.6 Å². The Morgan fingerprint density at radius 1 is 1.37 bits per heavy atom. The Morgan fingerprint density at radius 3 is 2.32 bits per heavy atom. The standard InChI is InChI=1S/C14H20F2N2O/c1-9(2)7-14(3,8-17)18-13(19)12-10(15)5-4-6-11(12)16/h4-6,9H,7-8,17H2,1-3H3,(H,18,19). The van der Waals surface area contributed by atoms with E-state index < -0.39 is 28.6 Å². The summed E-state index contributed by atoms with van der Waals surface area (Å²) >= 11 is 0. The van der Waals surface area contributed by atoms with Crippen molar-refractivity contribution >= 4 is 5.91 Å². The maximum absolute atomic E-state index is 13.5. The lowest BCUT2D eigenvalue weighted by atomic mass is 9.90. The van der Waals surface area contributed by atoms with Crippen molar-refractivity contribution in [2.24, 2.45) is 11.7 Å². The van der Waals surface area contributed by atoms with E-state index in [9.17, 15) is 13.6 Å². The van der Waals surface area contributed by atoms with Crippen molar-refractivity contribution in [1.29, 1.82) is 0 Å². The molecule has 1 aromatic rings. The molecule has 0 spiro atoms. The molecule has 1 aromatic carbocycles. The first kappa shape index (κ1) is 15.6. The molecule has 1 unspecified atom stereocenters. The van der Waals surface area contributed by atoms with Crippen molar-refractivity contribution in [3.05, 3.63) is 35.4 Å². The van der Waals surface area contributed by atoms with Crippen LogP contribution in [0.2, 0.25) is 0 Å². The predicted molar refractivity (Wildman–Crippen MR) is 70.7 cm³/mol. The number of halogens is 2. The Bertz CT molecular complexity index is 443. The largest absolute Gasteiger partial charge is 0.345 e. The maximum Gasteiger partial charge on any atom is 0.257 e. The molecular weight excluding hydrogens is 250 g/mol. The molecule has 3 N–H and O–H groups in total. The van der Waals surface area contributed by atoms with Crippen LogP contribution in [-0.2, 0) is 0 Å². The number of hydrogen-bond donors (Lipinski definition) is 2. The molecule has 0 fully saturated rings. The van der Waals surface area contributed by atoms with Crippen LogP contribution in [0.25, 0.3) is 0 Å².